The second-order valence-electron chi connectivity index (χ2n) is 7.21. The van der Waals surface area contributed by atoms with Gasteiger partial charge < -0.3 is 33.9 Å². The molecule has 1 N–H and O–H groups in total. The number of hydrogen-bond acceptors (Lipinski definition) is 7. The molecule has 3 rings (SSSR count). The molecule has 1 aliphatic rings. The van der Waals surface area contributed by atoms with Crippen LogP contribution in [-0.2, 0) is 9.53 Å². The molecule has 0 bridgehead atoms. The Kier molecular flexibility index (Phi) is 8.83. The van der Waals surface area contributed by atoms with E-state index >= 15 is 0 Å². The van der Waals surface area contributed by atoms with E-state index in [4.69, 9.17) is 23.7 Å². The number of ether oxygens (including phenoxy) is 5. The number of nitrogens with zero attached hydrogens (tertiary/aromatic N) is 1. The van der Waals surface area contributed by atoms with E-state index in [1.165, 1.54) is 6.08 Å². The first-order valence-electron chi connectivity index (χ1n) is 11.1. The van der Waals surface area contributed by atoms with Crippen molar-refractivity contribution in [3.63, 3.8) is 0 Å². The van der Waals surface area contributed by atoms with Crippen LogP contribution < -0.4 is 29.2 Å². The number of amides is 1. The fraction of sp³-hybridized carbons (Fsp3) is 0.400. The quantitative estimate of drug-likeness (QED) is 0.542. The van der Waals surface area contributed by atoms with Crippen molar-refractivity contribution in [3.05, 3.63) is 42.0 Å². The molecule has 0 atom stereocenters. The lowest BCUT2D eigenvalue weighted by Gasteiger charge is -2.31. The minimum atomic E-state index is -0.296. The van der Waals surface area contributed by atoms with Crippen LogP contribution in [-0.4, -0.2) is 59.6 Å². The molecule has 2 aromatic carbocycles. The largest absolute Gasteiger partial charge is 0.497 e. The van der Waals surface area contributed by atoms with Crippen LogP contribution in [0.2, 0.25) is 0 Å². The van der Waals surface area contributed by atoms with Crippen molar-refractivity contribution < 1.29 is 28.5 Å². The number of rotatable bonds is 10. The predicted molar refractivity (Wildman–Crippen MR) is 129 cm³/mol. The van der Waals surface area contributed by atoms with Gasteiger partial charge in [0.25, 0.3) is 0 Å². The van der Waals surface area contributed by atoms with Gasteiger partial charge in [0.2, 0.25) is 5.91 Å². The molecule has 8 nitrogen and oxygen atoms in total. The number of nitrogens with one attached hydrogen (secondary N) is 1. The van der Waals surface area contributed by atoms with Gasteiger partial charge in [-0.05, 0) is 32.1 Å². The van der Waals surface area contributed by atoms with Crippen molar-refractivity contribution >= 4 is 23.4 Å². The molecule has 0 saturated carbocycles. The summed E-state index contributed by atoms with van der Waals surface area (Å²) in [7, 11) is 3.17. The number of carbonyl (C=O) groups excluding carboxylic acids is 1. The highest BCUT2D eigenvalue weighted by atomic mass is 16.5. The van der Waals surface area contributed by atoms with E-state index in [0.29, 0.717) is 55.1 Å². The van der Waals surface area contributed by atoms with Gasteiger partial charge in [-0.2, -0.15) is 0 Å². The maximum atomic E-state index is 12.7. The molecule has 1 fully saturated rings. The lowest BCUT2D eigenvalue weighted by Crippen LogP contribution is -2.36. The van der Waals surface area contributed by atoms with E-state index in [9.17, 15) is 4.79 Å². The molecule has 1 saturated heterocycles. The third-order valence-electron chi connectivity index (χ3n) is 5.13. The Morgan fingerprint density at radius 1 is 1.00 bits per heavy atom. The number of anilines is 2. The minimum absolute atomic E-state index is 0.296. The number of morpholine rings is 1. The lowest BCUT2D eigenvalue weighted by atomic mass is 10.1. The summed E-state index contributed by atoms with van der Waals surface area (Å²) in [6.45, 7) is 7.68. The zero-order chi connectivity index (χ0) is 23.6. The summed E-state index contributed by atoms with van der Waals surface area (Å²) in [4.78, 5) is 14.9. The highest BCUT2D eigenvalue weighted by Crippen LogP contribution is 2.39. The molecular formula is C25H32N2O6. The van der Waals surface area contributed by atoms with Gasteiger partial charge in [0.15, 0.2) is 0 Å². The highest BCUT2D eigenvalue weighted by molar-refractivity contribution is 6.03. The molecule has 178 valence electrons. The van der Waals surface area contributed by atoms with Gasteiger partial charge in [-0.3, -0.25) is 4.79 Å². The molecule has 2 aromatic rings. The molecule has 8 heteroatoms. The SMILES string of the molecule is CCOc1cc(N2CCOCC2)c(OCC)cc1NC(=O)C=Cc1ccc(OC)cc1OC. The maximum Gasteiger partial charge on any atom is 0.248 e. The van der Waals surface area contributed by atoms with E-state index in [0.717, 1.165) is 24.3 Å². The smallest absolute Gasteiger partial charge is 0.248 e. The Bertz CT molecular complexity index is 970. The van der Waals surface area contributed by atoms with E-state index < -0.39 is 0 Å². The van der Waals surface area contributed by atoms with Crippen LogP contribution in [0.15, 0.2) is 36.4 Å². The monoisotopic (exact) mass is 456 g/mol. The molecule has 0 radical (unpaired) electrons. The highest BCUT2D eigenvalue weighted by Gasteiger charge is 2.20. The van der Waals surface area contributed by atoms with Crippen LogP contribution in [0.4, 0.5) is 11.4 Å². The fourth-order valence-electron chi connectivity index (χ4n) is 3.54. The Hall–Kier alpha value is -3.39. The van der Waals surface area contributed by atoms with Gasteiger partial charge in [-0.15, -0.1) is 0 Å². The number of methoxy groups -OCH3 is 2. The summed E-state index contributed by atoms with van der Waals surface area (Å²) in [5.41, 5.74) is 2.24. The summed E-state index contributed by atoms with van der Waals surface area (Å²) in [5, 5.41) is 2.92. The molecule has 1 aliphatic heterocycles. The van der Waals surface area contributed by atoms with Crippen molar-refractivity contribution in [2.75, 3.05) is 64.0 Å². The van der Waals surface area contributed by atoms with E-state index in [2.05, 4.69) is 10.2 Å². The molecule has 33 heavy (non-hydrogen) atoms. The average molecular weight is 457 g/mol. The van der Waals surface area contributed by atoms with Gasteiger partial charge in [0.05, 0.1) is 52.0 Å². The average Bonchev–Trinajstić information content (AvgIpc) is 2.84. The third-order valence-corrected chi connectivity index (χ3v) is 5.13. The summed E-state index contributed by atoms with van der Waals surface area (Å²) in [6, 6.07) is 9.15. The van der Waals surface area contributed by atoms with Crippen molar-refractivity contribution in [2.45, 2.75) is 13.8 Å². The van der Waals surface area contributed by atoms with Crippen LogP contribution in [0.3, 0.4) is 0 Å². The molecule has 1 amide bonds. The van der Waals surface area contributed by atoms with E-state index in [1.807, 2.05) is 38.1 Å². The van der Waals surface area contributed by atoms with Gasteiger partial charge in [0.1, 0.15) is 23.0 Å². The van der Waals surface area contributed by atoms with Crippen LogP contribution in [0.5, 0.6) is 23.0 Å². The summed E-state index contributed by atoms with van der Waals surface area (Å²) in [6.07, 6.45) is 3.15. The third kappa shape index (κ3) is 6.32. The predicted octanol–water partition coefficient (Wildman–Crippen LogP) is 3.99. The molecule has 0 aliphatic carbocycles. The second kappa shape index (κ2) is 12.0. The van der Waals surface area contributed by atoms with Crippen molar-refractivity contribution in [2.24, 2.45) is 0 Å². The molecular weight excluding hydrogens is 424 g/mol. The zero-order valence-corrected chi connectivity index (χ0v) is 19.7. The van der Waals surface area contributed by atoms with E-state index in [-0.39, 0.29) is 5.91 Å². The first-order valence-corrected chi connectivity index (χ1v) is 11.1. The Labute approximate surface area is 195 Å². The number of hydrogen-bond donors (Lipinski definition) is 1. The molecule has 1 heterocycles. The number of carbonyl (C=O) groups is 1. The number of benzene rings is 2. The Morgan fingerprint density at radius 2 is 1.73 bits per heavy atom. The van der Waals surface area contributed by atoms with Crippen LogP contribution in [0, 0.1) is 0 Å². The fourth-order valence-corrected chi connectivity index (χ4v) is 3.54. The zero-order valence-electron chi connectivity index (χ0n) is 19.7. The maximum absolute atomic E-state index is 12.7. The van der Waals surface area contributed by atoms with Crippen molar-refractivity contribution in [1.82, 2.24) is 0 Å². The van der Waals surface area contributed by atoms with Gasteiger partial charge in [-0.25, -0.2) is 0 Å². The first-order chi connectivity index (χ1) is 16.1. The van der Waals surface area contributed by atoms with Gasteiger partial charge in [0, 0.05) is 42.9 Å². The first kappa shape index (κ1) is 24.3. The normalized spacial score (nSPS) is 13.6. The van der Waals surface area contributed by atoms with Crippen LogP contribution >= 0.6 is 0 Å². The van der Waals surface area contributed by atoms with Crippen LogP contribution in [0.25, 0.3) is 6.08 Å². The van der Waals surface area contributed by atoms with Crippen molar-refractivity contribution in [1.29, 1.82) is 0 Å². The molecule has 0 unspecified atom stereocenters. The standard InChI is InChI=1S/C25H32N2O6/c1-5-32-23-17-21(27-11-13-31-14-12-27)24(33-6-2)16-20(23)26-25(28)10-8-18-7-9-19(29-3)15-22(18)30-4/h7-10,15-17H,5-6,11-14H2,1-4H3,(H,26,28). The van der Waals surface area contributed by atoms with E-state index in [1.54, 1.807) is 26.4 Å². The topological polar surface area (TPSA) is 78.5 Å². The second-order valence-corrected chi connectivity index (χ2v) is 7.21. The van der Waals surface area contributed by atoms with Gasteiger partial charge in [-0.1, -0.05) is 0 Å². The van der Waals surface area contributed by atoms with Crippen LogP contribution in [0.1, 0.15) is 19.4 Å². The Morgan fingerprint density at radius 3 is 2.39 bits per heavy atom. The lowest BCUT2D eigenvalue weighted by molar-refractivity contribution is -0.111. The summed E-state index contributed by atoms with van der Waals surface area (Å²) in [5.74, 6) is 2.28. The summed E-state index contributed by atoms with van der Waals surface area (Å²) < 4.78 is 27.8. The Balaban J connectivity index is 1.84. The minimum Gasteiger partial charge on any atom is -0.497 e. The molecule has 0 aromatic heterocycles. The summed E-state index contributed by atoms with van der Waals surface area (Å²) >= 11 is 0. The van der Waals surface area contributed by atoms with Crippen molar-refractivity contribution in [3.8, 4) is 23.0 Å². The molecule has 0 spiro atoms. The van der Waals surface area contributed by atoms with Gasteiger partial charge >= 0.3 is 0 Å².